The van der Waals surface area contributed by atoms with Crippen LogP contribution >= 0.6 is 0 Å². The van der Waals surface area contributed by atoms with E-state index >= 15 is 0 Å². The molecule has 1 heterocycles. The summed E-state index contributed by atoms with van der Waals surface area (Å²) >= 11 is 0. The summed E-state index contributed by atoms with van der Waals surface area (Å²) in [4.78, 5) is 0. The summed E-state index contributed by atoms with van der Waals surface area (Å²) in [5, 5.41) is 12.5. The van der Waals surface area contributed by atoms with Crippen molar-refractivity contribution in [3.05, 3.63) is 23.0 Å². The molecule has 1 aromatic rings. The predicted octanol–water partition coefficient (Wildman–Crippen LogP) is 2.24. The normalized spacial score (nSPS) is 17.9. The topological polar surface area (TPSA) is 40.8 Å². The number of nitrogens with zero attached hydrogens (tertiary/aromatic N) is 2. The molecule has 1 aromatic heterocycles. The molecule has 1 fully saturated rings. The summed E-state index contributed by atoms with van der Waals surface area (Å²) in [6.45, 7) is 5.22. The van der Waals surface area contributed by atoms with Crippen LogP contribution in [0.15, 0.2) is 6.07 Å². The third-order valence-electron chi connectivity index (χ3n) is 3.92. The van der Waals surface area contributed by atoms with Crippen molar-refractivity contribution in [1.82, 2.24) is 9.88 Å². The van der Waals surface area contributed by atoms with Crippen LogP contribution in [0, 0.1) is 18.3 Å². The minimum Gasteiger partial charge on any atom is -0.340 e. The Bertz CT molecular complexity index is 433. The van der Waals surface area contributed by atoms with E-state index in [9.17, 15) is 0 Å². The zero-order chi connectivity index (χ0) is 11.8. The molecule has 86 valence electrons. The van der Waals surface area contributed by atoms with E-state index in [0.717, 1.165) is 12.2 Å². The molecule has 0 unspecified atom stereocenters. The molecule has 0 bridgehead atoms. The van der Waals surface area contributed by atoms with Gasteiger partial charge >= 0.3 is 0 Å². The van der Waals surface area contributed by atoms with Crippen molar-refractivity contribution in [2.45, 2.75) is 45.2 Å². The van der Waals surface area contributed by atoms with Gasteiger partial charge in [0, 0.05) is 24.8 Å². The first-order valence-electron chi connectivity index (χ1n) is 5.86. The highest BCUT2D eigenvalue weighted by atomic mass is 15.0. The third kappa shape index (κ3) is 1.85. The molecule has 0 spiro atoms. The number of rotatable bonds is 3. The van der Waals surface area contributed by atoms with E-state index in [0.29, 0.717) is 5.54 Å². The number of aromatic nitrogens is 1. The van der Waals surface area contributed by atoms with Gasteiger partial charge in [0.2, 0.25) is 0 Å². The van der Waals surface area contributed by atoms with Gasteiger partial charge in [0.1, 0.15) is 11.8 Å². The van der Waals surface area contributed by atoms with Crippen molar-refractivity contribution in [2.75, 3.05) is 0 Å². The lowest BCUT2D eigenvalue weighted by molar-refractivity contribution is 0.206. The van der Waals surface area contributed by atoms with Crippen molar-refractivity contribution >= 4 is 0 Å². The second-order valence-corrected chi connectivity index (χ2v) is 5.08. The Kier molecular flexibility index (Phi) is 2.77. The van der Waals surface area contributed by atoms with Gasteiger partial charge in [-0.2, -0.15) is 5.26 Å². The molecule has 16 heavy (non-hydrogen) atoms. The van der Waals surface area contributed by atoms with Gasteiger partial charge in [-0.15, -0.1) is 0 Å². The first-order chi connectivity index (χ1) is 7.56. The zero-order valence-electron chi connectivity index (χ0n) is 10.3. The molecule has 0 aliphatic heterocycles. The molecule has 0 amide bonds. The first-order valence-corrected chi connectivity index (χ1v) is 5.86. The van der Waals surface area contributed by atoms with Crippen LogP contribution in [0.5, 0.6) is 0 Å². The van der Waals surface area contributed by atoms with Gasteiger partial charge < -0.3 is 9.88 Å². The molecule has 1 N–H and O–H groups in total. The van der Waals surface area contributed by atoms with Gasteiger partial charge in [-0.3, -0.25) is 0 Å². The SMILES string of the molecule is Cc1c(CNC2(C)CCC2)cc(C#N)n1C. The van der Waals surface area contributed by atoms with Crippen molar-refractivity contribution in [3.63, 3.8) is 0 Å². The van der Waals surface area contributed by atoms with Gasteiger partial charge in [-0.25, -0.2) is 0 Å². The quantitative estimate of drug-likeness (QED) is 0.843. The van der Waals surface area contributed by atoms with Crippen LogP contribution in [0.3, 0.4) is 0 Å². The summed E-state index contributed by atoms with van der Waals surface area (Å²) in [5.74, 6) is 0. The fraction of sp³-hybridized carbons (Fsp3) is 0.615. The highest BCUT2D eigenvalue weighted by molar-refractivity contribution is 5.34. The van der Waals surface area contributed by atoms with Crippen molar-refractivity contribution in [3.8, 4) is 6.07 Å². The smallest absolute Gasteiger partial charge is 0.120 e. The lowest BCUT2D eigenvalue weighted by atomic mass is 9.78. The van der Waals surface area contributed by atoms with Crippen molar-refractivity contribution in [2.24, 2.45) is 7.05 Å². The Labute approximate surface area is 97.1 Å². The largest absolute Gasteiger partial charge is 0.340 e. The third-order valence-corrected chi connectivity index (χ3v) is 3.92. The fourth-order valence-corrected chi connectivity index (χ4v) is 2.24. The van der Waals surface area contributed by atoms with Gasteiger partial charge in [-0.1, -0.05) is 0 Å². The monoisotopic (exact) mass is 217 g/mol. The lowest BCUT2D eigenvalue weighted by Crippen LogP contribution is -2.47. The van der Waals surface area contributed by atoms with Crippen LogP contribution in [0.1, 0.15) is 43.1 Å². The average Bonchev–Trinajstić information content (AvgIpc) is 2.51. The van der Waals surface area contributed by atoms with Crippen molar-refractivity contribution in [1.29, 1.82) is 5.26 Å². The van der Waals surface area contributed by atoms with Gasteiger partial charge in [-0.05, 0) is 44.7 Å². The molecular weight excluding hydrogens is 198 g/mol. The Hall–Kier alpha value is -1.27. The van der Waals surface area contributed by atoms with Gasteiger partial charge in [0.25, 0.3) is 0 Å². The van der Waals surface area contributed by atoms with Crippen LogP contribution in [-0.4, -0.2) is 10.1 Å². The molecule has 0 atom stereocenters. The Morgan fingerprint density at radius 3 is 2.69 bits per heavy atom. The highest BCUT2D eigenvalue weighted by Crippen LogP contribution is 2.31. The summed E-state index contributed by atoms with van der Waals surface area (Å²) in [6.07, 6.45) is 3.87. The number of nitrogens with one attached hydrogen (secondary N) is 1. The van der Waals surface area contributed by atoms with E-state index in [4.69, 9.17) is 5.26 Å². The number of nitriles is 1. The molecule has 2 rings (SSSR count). The second-order valence-electron chi connectivity index (χ2n) is 5.08. The van der Waals surface area contributed by atoms with Crippen LogP contribution in [0.25, 0.3) is 0 Å². The van der Waals surface area contributed by atoms with Crippen molar-refractivity contribution < 1.29 is 0 Å². The second kappa shape index (κ2) is 3.95. The molecule has 3 nitrogen and oxygen atoms in total. The minimum absolute atomic E-state index is 0.328. The van der Waals surface area contributed by atoms with Gasteiger partial charge in [0.15, 0.2) is 0 Å². The van der Waals surface area contributed by atoms with Gasteiger partial charge in [0.05, 0.1) is 0 Å². The van der Waals surface area contributed by atoms with Crippen LogP contribution < -0.4 is 5.32 Å². The molecule has 0 aromatic carbocycles. The van der Waals surface area contributed by atoms with E-state index in [1.165, 1.54) is 30.5 Å². The first kappa shape index (κ1) is 11.2. The average molecular weight is 217 g/mol. The Morgan fingerprint density at radius 2 is 2.25 bits per heavy atom. The molecule has 0 saturated heterocycles. The van der Waals surface area contributed by atoms with E-state index in [1.54, 1.807) is 0 Å². The Morgan fingerprint density at radius 1 is 1.56 bits per heavy atom. The van der Waals surface area contributed by atoms with E-state index in [-0.39, 0.29) is 0 Å². The van der Waals surface area contributed by atoms with Crippen LogP contribution in [-0.2, 0) is 13.6 Å². The summed E-state index contributed by atoms with van der Waals surface area (Å²) < 4.78 is 1.96. The Balaban J connectivity index is 2.07. The lowest BCUT2D eigenvalue weighted by Gasteiger charge is -2.39. The standard InChI is InChI=1S/C13H19N3/c1-10-11(7-12(8-14)16(10)3)9-15-13(2)5-4-6-13/h7,15H,4-6,9H2,1-3H3. The summed E-state index contributed by atoms with van der Waals surface area (Å²) in [6, 6.07) is 4.21. The molecule has 3 heteroatoms. The van der Waals surface area contributed by atoms with Crippen LogP contribution in [0.2, 0.25) is 0 Å². The highest BCUT2D eigenvalue weighted by Gasteiger charge is 2.30. The molecule has 1 aliphatic carbocycles. The van der Waals surface area contributed by atoms with E-state index in [2.05, 4.69) is 25.2 Å². The fourth-order valence-electron chi connectivity index (χ4n) is 2.24. The van der Waals surface area contributed by atoms with E-state index < -0.39 is 0 Å². The predicted molar refractivity (Wildman–Crippen MR) is 64.0 cm³/mol. The number of hydrogen-bond acceptors (Lipinski definition) is 2. The van der Waals surface area contributed by atoms with Crippen LogP contribution in [0.4, 0.5) is 0 Å². The zero-order valence-corrected chi connectivity index (χ0v) is 10.3. The van der Waals surface area contributed by atoms with E-state index in [1.807, 2.05) is 17.7 Å². The minimum atomic E-state index is 0.328. The maximum absolute atomic E-state index is 8.95. The number of hydrogen-bond donors (Lipinski definition) is 1. The summed E-state index contributed by atoms with van der Waals surface area (Å²) in [7, 11) is 1.95. The molecule has 0 radical (unpaired) electrons. The maximum Gasteiger partial charge on any atom is 0.120 e. The molecular formula is C13H19N3. The maximum atomic E-state index is 8.95. The molecule has 1 saturated carbocycles. The summed E-state index contributed by atoms with van der Waals surface area (Å²) in [5.41, 5.74) is 3.50. The molecule has 1 aliphatic rings.